The standard InChI is InChI=1S/C11H19BN2/c1-3-8-12(9-4-2)14-11-7-5-6-10-13-11/h5-7,10H,3-4,8-9H2,1-2H3,(H,13,14). The lowest BCUT2D eigenvalue weighted by molar-refractivity contribution is 1.00. The Morgan fingerprint density at radius 2 is 1.93 bits per heavy atom. The molecule has 1 aromatic heterocycles. The lowest BCUT2D eigenvalue weighted by Gasteiger charge is -2.13. The summed E-state index contributed by atoms with van der Waals surface area (Å²) in [5, 5.41) is 3.47. The van der Waals surface area contributed by atoms with Crippen LogP contribution in [0, 0.1) is 0 Å². The maximum absolute atomic E-state index is 4.27. The molecule has 0 amide bonds. The number of hydrogen-bond acceptors (Lipinski definition) is 2. The molecule has 0 atom stereocenters. The predicted molar refractivity (Wildman–Crippen MR) is 63.8 cm³/mol. The quantitative estimate of drug-likeness (QED) is 0.696. The Morgan fingerprint density at radius 1 is 1.21 bits per heavy atom. The molecule has 0 bridgehead atoms. The van der Waals surface area contributed by atoms with E-state index in [0.29, 0.717) is 6.85 Å². The van der Waals surface area contributed by atoms with Gasteiger partial charge in [0.05, 0.1) is 0 Å². The molecule has 1 heterocycles. The number of hydrogen-bond donors (Lipinski definition) is 1. The van der Waals surface area contributed by atoms with Crippen molar-refractivity contribution in [2.45, 2.75) is 39.3 Å². The first-order chi connectivity index (χ1) is 6.86. The summed E-state index contributed by atoms with van der Waals surface area (Å²) >= 11 is 0. The van der Waals surface area contributed by atoms with Crippen LogP contribution < -0.4 is 5.23 Å². The van der Waals surface area contributed by atoms with Gasteiger partial charge in [-0.1, -0.05) is 45.4 Å². The van der Waals surface area contributed by atoms with Gasteiger partial charge in [-0.25, -0.2) is 4.98 Å². The molecule has 0 spiro atoms. The van der Waals surface area contributed by atoms with Gasteiger partial charge in [0.15, 0.2) is 0 Å². The molecule has 0 unspecified atom stereocenters. The van der Waals surface area contributed by atoms with Gasteiger partial charge in [0.2, 0.25) is 0 Å². The molecule has 1 aromatic rings. The highest BCUT2D eigenvalue weighted by Gasteiger charge is 2.11. The highest BCUT2D eigenvalue weighted by atomic mass is 14.9. The molecule has 0 radical (unpaired) electrons. The minimum atomic E-state index is 0.583. The zero-order valence-corrected chi connectivity index (χ0v) is 9.16. The fraction of sp³-hybridized carbons (Fsp3) is 0.545. The number of nitrogens with zero attached hydrogens (tertiary/aromatic N) is 1. The van der Waals surface area contributed by atoms with Crippen LogP contribution >= 0.6 is 0 Å². The highest BCUT2D eigenvalue weighted by Crippen LogP contribution is 2.09. The number of nitrogens with one attached hydrogen (secondary N) is 1. The van der Waals surface area contributed by atoms with Crippen molar-refractivity contribution in [3.8, 4) is 0 Å². The molecule has 2 nitrogen and oxygen atoms in total. The first kappa shape index (κ1) is 11.1. The van der Waals surface area contributed by atoms with Crippen LogP contribution in [0.2, 0.25) is 12.6 Å². The minimum absolute atomic E-state index is 0.583. The van der Waals surface area contributed by atoms with Crippen molar-refractivity contribution in [3.05, 3.63) is 24.4 Å². The second kappa shape index (κ2) is 6.47. The number of aromatic nitrogens is 1. The zero-order valence-electron chi connectivity index (χ0n) is 9.16. The molecule has 0 saturated heterocycles. The summed E-state index contributed by atoms with van der Waals surface area (Å²) in [5.41, 5.74) is 0. The van der Waals surface area contributed by atoms with E-state index in [-0.39, 0.29) is 0 Å². The van der Waals surface area contributed by atoms with Gasteiger partial charge in [-0.3, -0.25) is 0 Å². The van der Waals surface area contributed by atoms with Crippen LogP contribution in [0.15, 0.2) is 24.4 Å². The Bertz CT molecular complexity index is 232. The minimum Gasteiger partial charge on any atom is -0.413 e. The molecule has 0 aliphatic rings. The van der Waals surface area contributed by atoms with E-state index in [1.165, 1.54) is 25.5 Å². The van der Waals surface area contributed by atoms with Crippen LogP contribution in [0.25, 0.3) is 0 Å². The second-order valence-electron chi connectivity index (χ2n) is 3.63. The van der Waals surface area contributed by atoms with Crippen LogP contribution in [-0.2, 0) is 0 Å². The van der Waals surface area contributed by atoms with Crippen LogP contribution in [0.5, 0.6) is 0 Å². The van der Waals surface area contributed by atoms with Gasteiger partial charge in [0.25, 0.3) is 6.85 Å². The molecule has 0 aliphatic carbocycles. The van der Waals surface area contributed by atoms with Crippen molar-refractivity contribution in [2.75, 3.05) is 5.23 Å². The monoisotopic (exact) mass is 190 g/mol. The van der Waals surface area contributed by atoms with Crippen LogP contribution in [0.1, 0.15) is 26.7 Å². The third-order valence-electron chi connectivity index (χ3n) is 2.29. The average molecular weight is 190 g/mol. The Labute approximate surface area is 87.2 Å². The van der Waals surface area contributed by atoms with Crippen LogP contribution in [-0.4, -0.2) is 11.8 Å². The fourth-order valence-electron chi connectivity index (χ4n) is 1.64. The molecule has 0 fully saturated rings. The molecule has 0 aliphatic heterocycles. The molecule has 3 heteroatoms. The molecule has 0 aromatic carbocycles. The van der Waals surface area contributed by atoms with Crippen LogP contribution in [0.3, 0.4) is 0 Å². The molecular formula is C11H19BN2. The van der Waals surface area contributed by atoms with Crippen molar-refractivity contribution in [2.24, 2.45) is 0 Å². The van der Waals surface area contributed by atoms with Gasteiger partial charge in [0.1, 0.15) is 5.82 Å². The van der Waals surface area contributed by atoms with E-state index in [9.17, 15) is 0 Å². The first-order valence-corrected chi connectivity index (χ1v) is 5.54. The smallest absolute Gasteiger partial charge is 0.252 e. The van der Waals surface area contributed by atoms with Crippen LogP contribution in [0.4, 0.5) is 5.82 Å². The number of pyridine rings is 1. The summed E-state index contributed by atoms with van der Waals surface area (Å²) in [6.07, 6.45) is 6.74. The van der Waals surface area contributed by atoms with E-state index in [1.54, 1.807) is 0 Å². The summed E-state index contributed by atoms with van der Waals surface area (Å²) < 4.78 is 0. The Balaban J connectivity index is 2.46. The Morgan fingerprint density at radius 3 is 2.43 bits per heavy atom. The second-order valence-corrected chi connectivity index (χ2v) is 3.63. The van der Waals surface area contributed by atoms with E-state index in [4.69, 9.17) is 0 Å². The summed E-state index contributed by atoms with van der Waals surface area (Å²) in [6.45, 7) is 5.03. The average Bonchev–Trinajstić information content (AvgIpc) is 2.20. The third-order valence-corrected chi connectivity index (χ3v) is 2.29. The molecule has 14 heavy (non-hydrogen) atoms. The van der Waals surface area contributed by atoms with Crippen molar-refractivity contribution >= 4 is 12.7 Å². The molecule has 76 valence electrons. The number of anilines is 1. The van der Waals surface area contributed by atoms with Gasteiger partial charge in [0, 0.05) is 6.20 Å². The maximum atomic E-state index is 4.27. The summed E-state index contributed by atoms with van der Waals surface area (Å²) in [7, 11) is 0. The number of rotatable bonds is 6. The van der Waals surface area contributed by atoms with E-state index < -0.39 is 0 Å². The lowest BCUT2D eigenvalue weighted by Crippen LogP contribution is -2.24. The molecule has 1 N–H and O–H groups in total. The third kappa shape index (κ3) is 3.82. The largest absolute Gasteiger partial charge is 0.413 e. The van der Waals surface area contributed by atoms with Crippen molar-refractivity contribution in [1.29, 1.82) is 0 Å². The van der Waals surface area contributed by atoms with E-state index in [2.05, 4.69) is 24.1 Å². The molecule has 1 rings (SSSR count). The summed E-state index contributed by atoms with van der Waals surface area (Å²) in [6, 6.07) is 5.99. The Kier molecular flexibility index (Phi) is 5.12. The first-order valence-electron chi connectivity index (χ1n) is 5.54. The predicted octanol–water partition coefficient (Wildman–Crippen LogP) is 3.31. The van der Waals surface area contributed by atoms with Crippen molar-refractivity contribution in [3.63, 3.8) is 0 Å². The highest BCUT2D eigenvalue weighted by molar-refractivity contribution is 6.62. The van der Waals surface area contributed by atoms with Gasteiger partial charge < -0.3 is 5.23 Å². The van der Waals surface area contributed by atoms with E-state index in [1.807, 2.05) is 24.4 Å². The van der Waals surface area contributed by atoms with E-state index in [0.717, 1.165) is 5.82 Å². The maximum Gasteiger partial charge on any atom is 0.252 e. The van der Waals surface area contributed by atoms with Gasteiger partial charge in [-0.15, -0.1) is 0 Å². The van der Waals surface area contributed by atoms with Gasteiger partial charge >= 0.3 is 0 Å². The normalized spacial score (nSPS) is 9.86. The van der Waals surface area contributed by atoms with Gasteiger partial charge in [-0.2, -0.15) is 0 Å². The topological polar surface area (TPSA) is 24.9 Å². The summed E-state index contributed by atoms with van der Waals surface area (Å²) in [5.74, 6) is 0.999. The Hall–Kier alpha value is -0.985. The SMILES string of the molecule is CCCB(CCC)Nc1ccccn1. The lowest BCUT2D eigenvalue weighted by atomic mass is 9.55. The van der Waals surface area contributed by atoms with Crippen molar-refractivity contribution in [1.82, 2.24) is 4.98 Å². The zero-order chi connectivity index (χ0) is 10.2. The molecular weight excluding hydrogens is 171 g/mol. The van der Waals surface area contributed by atoms with Crippen molar-refractivity contribution < 1.29 is 0 Å². The fourth-order valence-corrected chi connectivity index (χ4v) is 1.64. The molecule has 0 saturated carbocycles. The summed E-state index contributed by atoms with van der Waals surface area (Å²) in [4.78, 5) is 4.27. The van der Waals surface area contributed by atoms with E-state index >= 15 is 0 Å². The van der Waals surface area contributed by atoms with Gasteiger partial charge in [-0.05, 0) is 12.1 Å².